The predicted octanol–water partition coefficient (Wildman–Crippen LogP) is 4.34. The molecule has 0 aliphatic carbocycles. The first-order valence-corrected chi connectivity index (χ1v) is 10.6. The molecule has 178 valence electrons. The second kappa shape index (κ2) is 9.66. The normalized spacial score (nSPS) is 14.3. The quantitative estimate of drug-likeness (QED) is 0.515. The third-order valence-corrected chi connectivity index (χ3v) is 5.47. The van der Waals surface area contributed by atoms with E-state index in [0.717, 1.165) is 12.1 Å². The number of amides is 1. The molecule has 1 amide bonds. The maximum Gasteiger partial charge on any atom is 0.416 e. The van der Waals surface area contributed by atoms with Gasteiger partial charge in [-0.3, -0.25) is 4.79 Å². The number of benzene rings is 2. The van der Waals surface area contributed by atoms with E-state index in [4.69, 9.17) is 4.74 Å². The molecule has 0 N–H and O–H groups in total. The van der Waals surface area contributed by atoms with Crippen LogP contribution in [0.5, 0.6) is 5.88 Å². The molecule has 3 aromatic rings. The average Bonchev–Trinajstić information content (AvgIpc) is 2.82. The van der Waals surface area contributed by atoms with Crippen molar-refractivity contribution >= 4 is 11.6 Å². The van der Waals surface area contributed by atoms with Crippen LogP contribution in [0.25, 0.3) is 11.4 Å². The van der Waals surface area contributed by atoms with Gasteiger partial charge in [0.2, 0.25) is 5.88 Å². The Kier molecular flexibility index (Phi) is 6.67. The summed E-state index contributed by atoms with van der Waals surface area (Å²) in [4.78, 5) is 24.6. The van der Waals surface area contributed by atoms with E-state index < -0.39 is 11.7 Å². The van der Waals surface area contributed by atoms with Crippen molar-refractivity contribution in [2.24, 2.45) is 0 Å². The van der Waals surface area contributed by atoms with Crippen molar-refractivity contribution in [1.82, 2.24) is 14.9 Å². The number of alkyl halides is 3. The first kappa shape index (κ1) is 23.5. The predicted molar refractivity (Wildman–Crippen MR) is 118 cm³/mol. The smallest absolute Gasteiger partial charge is 0.416 e. The lowest BCUT2D eigenvalue weighted by molar-refractivity contribution is -0.137. The summed E-state index contributed by atoms with van der Waals surface area (Å²) >= 11 is 0. The Bertz CT molecular complexity index is 1160. The monoisotopic (exact) mass is 474 g/mol. The number of piperazine rings is 1. The molecule has 0 unspecified atom stereocenters. The molecule has 4 rings (SSSR count). The first-order valence-electron chi connectivity index (χ1n) is 10.6. The molecule has 1 aliphatic heterocycles. The zero-order valence-electron chi connectivity index (χ0n) is 18.3. The molecule has 0 radical (unpaired) electrons. The fourth-order valence-electron chi connectivity index (χ4n) is 3.68. The van der Waals surface area contributed by atoms with Gasteiger partial charge in [0.25, 0.3) is 5.91 Å². The molecule has 2 heterocycles. The van der Waals surface area contributed by atoms with Crippen molar-refractivity contribution in [3.63, 3.8) is 0 Å². The number of carbonyl (C=O) groups is 1. The maximum atomic E-state index is 14.0. The zero-order valence-corrected chi connectivity index (χ0v) is 18.3. The van der Waals surface area contributed by atoms with Crippen molar-refractivity contribution in [2.45, 2.75) is 13.1 Å². The Labute approximate surface area is 193 Å². The summed E-state index contributed by atoms with van der Waals surface area (Å²) in [7, 11) is 0. The Morgan fingerprint density at radius 2 is 1.68 bits per heavy atom. The van der Waals surface area contributed by atoms with E-state index in [1.807, 2.05) is 4.90 Å². The van der Waals surface area contributed by atoms with Crippen molar-refractivity contribution in [2.75, 3.05) is 37.7 Å². The van der Waals surface area contributed by atoms with Gasteiger partial charge in [-0.2, -0.15) is 18.2 Å². The Balaban J connectivity index is 1.36. The molecule has 6 nitrogen and oxygen atoms in total. The largest absolute Gasteiger partial charge is 0.467 e. The van der Waals surface area contributed by atoms with E-state index >= 15 is 0 Å². The summed E-state index contributed by atoms with van der Waals surface area (Å²) in [6.07, 6.45) is -4.43. The number of para-hydroxylation sites is 1. The molecule has 0 spiro atoms. The van der Waals surface area contributed by atoms with Crippen LogP contribution < -0.4 is 9.64 Å². The van der Waals surface area contributed by atoms with E-state index in [2.05, 4.69) is 9.97 Å². The van der Waals surface area contributed by atoms with Crippen LogP contribution in [0.1, 0.15) is 11.3 Å². The summed E-state index contributed by atoms with van der Waals surface area (Å²) in [6, 6.07) is 12.6. The van der Waals surface area contributed by atoms with Crippen LogP contribution in [0.15, 0.2) is 54.6 Å². The highest BCUT2D eigenvalue weighted by Crippen LogP contribution is 2.30. The second-order valence-corrected chi connectivity index (χ2v) is 7.85. The third kappa shape index (κ3) is 5.44. The first-order chi connectivity index (χ1) is 16.2. The molecular weight excluding hydrogens is 452 g/mol. The van der Waals surface area contributed by atoms with Crippen molar-refractivity contribution in [1.29, 1.82) is 0 Å². The average molecular weight is 474 g/mol. The summed E-state index contributed by atoms with van der Waals surface area (Å²) < 4.78 is 58.0. The number of halogens is 4. The lowest BCUT2D eigenvalue weighted by Crippen LogP contribution is -2.50. The molecular formula is C24H22F4N4O2. The van der Waals surface area contributed by atoms with E-state index in [0.29, 0.717) is 43.1 Å². The van der Waals surface area contributed by atoms with Crippen LogP contribution in [0.3, 0.4) is 0 Å². The third-order valence-electron chi connectivity index (χ3n) is 5.47. The minimum atomic E-state index is -4.43. The number of nitrogens with zero attached hydrogens (tertiary/aromatic N) is 4. The fourth-order valence-corrected chi connectivity index (χ4v) is 3.68. The highest BCUT2D eigenvalue weighted by atomic mass is 19.4. The number of rotatable bonds is 5. The van der Waals surface area contributed by atoms with Gasteiger partial charge in [0.15, 0.2) is 12.4 Å². The Morgan fingerprint density at radius 1 is 1.00 bits per heavy atom. The highest BCUT2D eigenvalue weighted by molar-refractivity contribution is 5.78. The van der Waals surface area contributed by atoms with Gasteiger partial charge in [0.1, 0.15) is 5.82 Å². The standard InChI is InChI=1S/C24H22F4N4O2/c1-16-14-21(30-23(29-16)17-6-8-18(9-7-17)24(26,27)28)34-15-22(33)32-12-10-31(11-13-32)20-5-3-2-4-19(20)25/h2-9,14H,10-13,15H2,1H3. The number of aryl methyl sites for hydroxylation is 1. The van der Waals surface area contributed by atoms with Gasteiger partial charge in [0, 0.05) is 43.5 Å². The van der Waals surface area contributed by atoms with Crippen molar-refractivity contribution < 1.29 is 27.1 Å². The summed E-state index contributed by atoms with van der Waals surface area (Å²) in [6.45, 7) is 3.30. The number of ether oxygens (including phenoxy) is 1. The molecule has 34 heavy (non-hydrogen) atoms. The molecule has 0 atom stereocenters. The molecule has 10 heteroatoms. The van der Waals surface area contributed by atoms with Gasteiger partial charge in [-0.05, 0) is 31.2 Å². The number of anilines is 1. The minimum absolute atomic E-state index is 0.153. The number of hydrogen-bond acceptors (Lipinski definition) is 5. The second-order valence-electron chi connectivity index (χ2n) is 7.85. The van der Waals surface area contributed by atoms with E-state index in [9.17, 15) is 22.4 Å². The molecule has 0 bridgehead atoms. The van der Waals surface area contributed by atoms with Crippen molar-refractivity contribution in [3.05, 3.63) is 71.7 Å². The Morgan fingerprint density at radius 3 is 2.32 bits per heavy atom. The van der Waals surface area contributed by atoms with Gasteiger partial charge in [-0.25, -0.2) is 9.37 Å². The van der Waals surface area contributed by atoms with Gasteiger partial charge < -0.3 is 14.5 Å². The summed E-state index contributed by atoms with van der Waals surface area (Å²) in [5.74, 6) is -0.176. The number of aromatic nitrogens is 2. The van der Waals surface area contributed by atoms with E-state index in [1.54, 1.807) is 36.1 Å². The van der Waals surface area contributed by atoms with Crippen LogP contribution in [0.4, 0.5) is 23.2 Å². The van der Waals surface area contributed by atoms with Crippen LogP contribution in [-0.4, -0.2) is 53.6 Å². The van der Waals surface area contributed by atoms with Gasteiger partial charge >= 0.3 is 6.18 Å². The Hall–Kier alpha value is -3.69. The fraction of sp³-hybridized carbons (Fsp3) is 0.292. The maximum absolute atomic E-state index is 14.0. The van der Waals surface area contributed by atoms with E-state index in [-0.39, 0.29) is 30.0 Å². The van der Waals surface area contributed by atoms with Gasteiger partial charge in [0.05, 0.1) is 11.3 Å². The van der Waals surface area contributed by atoms with Crippen LogP contribution in [0, 0.1) is 12.7 Å². The van der Waals surface area contributed by atoms with Crippen LogP contribution in [0.2, 0.25) is 0 Å². The lowest BCUT2D eigenvalue weighted by Gasteiger charge is -2.36. The highest BCUT2D eigenvalue weighted by Gasteiger charge is 2.30. The molecule has 2 aromatic carbocycles. The molecule has 1 aromatic heterocycles. The SMILES string of the molecule is Cc1cc(OCC(=O)N2CCN(c3ccccc3F)CC2)nc(-c2ccc(C(F)(F)F)cc2)n1. The summed E-state index contributed by atoms with van der Waals surface area (Å²) in [5, 5.41) is 0. The molecule has 1 fully saturated rings. The molecule has 1 saturated heterocycles. The lowest BCUT2D eigenvalue weighted by atomic mass is 10.1. The number of hydrogen-bond donors (Lipinski definition) is 0. The minimum Gasteiger partial charge on any atom is -0.467 e. The number of carbonyl (C=O) groups excluding carboxylic acids is 1. The van der Waals surface area contributed by atoms with Crippen molar-refractivity contribution in [3.8, 4) is 17.3 Å². The summed E-state index contributed by atoms with van der Waals surface area (Å²) in [5.41, 5.74) is 0.696. The van der Waals surface area contributed by atoms with Crippen LogP contribution >= 0.6 is 0 Å². The van der Waals surface area contributed by atoms with Gasteiger partial charge in [-0.1, -0.05) is 24.3 Å². The van der Waals surface area contributed by atoms with E-state index in [1.165, 1.54) is 18.2 Å². The topological polar surface area (TPSA) is 58.6 Å². The zero-order chi connectivity index (χ0) is 24.3. The van der Waals surface area contributed by atoms with Crippen LogP contribution in [-0.2, 0) is 11.0 Å². The van der Waals surface area contributed by atoms with Gasteiger partial charge in [-0.15, -0.1) is 0 Å². The molecule has 0 saturated carbocycles. The molecule has 1 aliphatic rings.